The number of benzene rings is 2. The molecule has 0 spiro atoms. The van der Waals surface area contributed by atoms with Gasteiger partial charge in [0.25, 0.3) is 5.91 Å². The molecule has 1 aliphatic heterocycles. The van der Waals surface area contributed by atoms with Crippen LogP contribution in [-0.4, -0.2) is 22.2 Å². The van der Waals surface area contributed by atoms with Crippen molar-refractivity contribution in [3.63, 3.8) is 0 Å². The zero-order valence-corrected chi connectivity index (χ0v) is 11.9. The van der Waals surface area contributed by atoms with Crippen molar-refractivity contribution < 1.29 is 9.90 Å². The Hall–Kier alpha value is -2.17. The van der Waals surface area contributed by atoms with Crippen molar-refractivity contribution in [1.29, 1.82) is 0 Å². The Morgan fingerprint density at radius 1 is 1.14 bits per heavy atom. The lowest BCUT2D eigenvalue weighted by molar-refractivity contribution is -0.0764. The van der Waals surface area contributed by atoms with Gasteiger partial charge in [-0.05, 0) is 24.3 Å². The normalized spacial score (nSPS) is 20.8. The van der Waals surface area contributed by atoms with E-state index >= 15 is 0 Å². The number of carbonyl (C=O) groups excluding carboxylic acids is 1. The van der Waals surface area contributed by atoms with E-state index in [0.717, 1.165) is 5.01 Å². The van der Waals surface area contributed by atoms with E-state index < -0.39 is 5.72 Å². The number of rotatable bonds is 2. The third-order valence-electron chi connectivity index (χ3n) is 3.44. The molecule has 0 unspecified atom stereocenters. The minimum absolute atomic E-state index is 0.243. The molecule has 4 nitrogen and oxygen atoms in total. The van der Waals surface area contributed by atoms with Gasteiger partial charge in [-0.2, -0.15) is 10.1 Å². The van der Waals surface area contributed by atoms with Crippen LogP contribution in [-0.2, 0) is 5.72 Å². The van der Waals surface area contributed by atoms with Crippen molar-refractivity contribution in [3.05, 3.63) is 70.7 Å². The molecule has 0 radical (unpaired) electrons. The Bertz CT molecular complexity index is 685. The van der Waals surface area contributed by atoms with Crippen LogP contribution in [0.25, 0.3) is 0 Å². The lowest BCUT2D eigenvalue weighted by Crippen LogP contribution is -2.43. The van der Waals surface area contributed by atoms with Gasteiger partial charge in [0.2, 0.25) is 0 Å². The van der Waals surface area contributed by atoms with Crippen molar-refractivity contribution in [2.45, 2.75) is 12.1 Å². The van der Waals surface area contributed by atoms with Crippen LogP contribution in [0.2, 0.25) is 5.02 Å². The molecule has 21 heavy (non-hydrogen) atoms. The van der Waals surface area contributed by atoms with Crippen LogP contribution in [0.3, 0.4) is 0 Å². The highest BCUT2D eigenvalue weighted by Gasteiger charge is 2.42. The van der Waals surface area contributed by atoms with Gasteiger partial charge < -0.3 is 5.11 Å². The largest absolute Gasteiger partial charge is 0.365 e. The molecule has 0 aromatic heterocycles. The Balaban J connectivity index is 1.96. The number of nitrogens with zero attached hydrogens (tertiary/aromatic N) is 2. The summed E-state index contributed by atoms with van der Waals surface area (Å²) in [5.74, 6) is -0.346. The monoisotopic (exact) mass is 300 g/mol. The van der Waals surface area contributed by atoms with Gasteiger partial charge in [0.15, 0.2) is 5.72 Å². The zero-order chi connectivity index (χ0) is 14.9. The van der Waals surface area contributed by atoms with E-state index in [2.05, 4.69) is 5.10 Å². The second-order valence-corrected chi connectivity index (χ2v) is 5.25. The van der Waals surface area contributed by atoms with E-state index in [9.17, 15) is 9.90 Å². The molecule has 0 fully saturated rings. The molecule has 1 atom stereocenters. The molecule has 2 aromatic carbocycles. The van der Waals surface area contributed by atoms with Gasteiger partial charge in [-0.15, -0.1) is 0 Å². The van der Waals surface area contributed by atoms with Crippen molar-refractivity contribution in [3.8, 4) is 0 Å². The van der Waals surface area contributed by atoms with Gasteiger partial charge in [0, 0.05) is 28.8 Å². The van der Waals surface area contributed by atoms with Gasteiger partial charge in [-0.3, -0.25) is 4.79 Å². The van der Waals surface area contributed by atoms with Crippen LogP contribution in [0.5, 0.6) is 0 Å². The lowest BCUT2D eigenvalue weighted by atomic mass is 9.99. The lowest BCUT2D eigenvalue weighted by Gasteiger charge is -2.31. The van der Waals surface area contributed by atoms with Crippen LogP contribution in [0.1, 0.15) is 22.3 Å². The summed E-state index contributed by atoms with van der Waals surface area (Å²) in [6.45, 7) is 0. The topological polar surface area (TPSA) is 52.9 Å². The third-order valence-corrected chi connectivity index (χ3v) is 3.70. The smallest absolute Gasteiger partial charge is 0.276 e. The first kappa shape index (κ1) is 13.8. The molecule has 0 saturated heterocycles. The van der Waals surface area contributed by atoms with Gasteiger partial charge in [-0.25, -0.2) is 0 Å². The predicted octanol–water partition coefficient (Wildman–Crippen LogP) is 3.02. The standard InChI is InChI=1S/C16H13ClN2O2/c17-14-8-6-13(7-9-14)16(21)10-11-18-19(16)15(20)12-4-2-1-3-5-12/h1-9,11,21H,10H2/t16-/m0/s1. The molecular weight excluding hydrogens is 288 g/mol. The van der Waals surface area contributed by atoms with E-state index in [-0.39, 0.29) is 12.3 Å². The Morgan fingerprint density at radius 3 is 2.48 bits per heavy atom. The molecule has 1 aliphatic rings. The SMILES string of the molecule is O=C(c1ccccc1)N1N=CC[C@]1(O)c1ccc(Cl)cc1. The summed E-state index contributed by atoms with van der Waals surface area (Å²) in [7, 11) is 0. The zero-order valence-electron chi connectivity index (χ0n) is 11.1. The number of amides is 1. The molecule has 1 amide bonds. The molecule has 2 aromatic rings. The van der Waals surface area contributed by atoms with Crippen LogP contribution >= 0.6 is 11.6 Å². The van der Waals surface area contributed by atoms with E-state index in [0.29, 0.717) is 16.1 Å². The fourth-order valence-corrected chi connectivity index (χ4v) is 2.44. The summed E-state index contributed by atoms with van der Waals surface area (Å²) < 4.78 is 0. The van der Waals surface area contributed by atoms with Crippen LogP contribution in [0.15, 0.2) is 59.7 Å². The first-order valence-electron chi connectivity index (χ1n) is 6.52. The minimum atomic E-state index is -1.47. The Labute approximate surface area is 127 Å². The van der Waals surface area contributed by atoms with Crippen LogP contribution in [0, 0.1) is 0 Å². The first-order chi connectivity index (χ1) is 10.1. The van der Waals surface area contributed by atoms with Crippen molar-refractivity contribution in [2.75, 3.05) is 0 Å². The molecule has 5 heteroatoms. The molecule has 3 rings (SSSR count). The van der Waals surface area contributed by atoms with Gasteiger partial charge in [0.1, 0.15) is 0 Å². The molecular formula is C16H13ClN2O2. The average Bonchev–Trinajstić information content (AvgIpc) is 2.91. The highest BCUT2D eigenvalue weighted by atomic mass is 35.5. The molecule has 1 N–H and O–H groups in total. The number of hydrogen-bond donors (Lipinski definition) is 1. The van der Waals surface area contributed by atoms with Gasteiger partial charge >= 0.3 is 0 Å². The van der Waals surface area contributed by atoms with Crippen molar-refractivity contribution in [2.24, 2.45) is 5.10 Å². The number of aliphatic hydroxyl groups is 1. The summed E-state index contributed by atoms with van der Waals surface area (Å²) in [5.41, 5.74) is -0.421. The quantitative estimate of drug-likeness (QED) is 0.927. The summed E-state index contributed by atoms with van der Waals surface area (Å²) in [6.07, 6.45) is 1.78. The fourth-order valence-electron chi connectivity index (χ4n) is 2.31. The Morgan fingerprint density at radius 2 is 1.81 bits per heavy atom. The van der Waals surface area contributed by atoms with Crippen LogP contribution in [0.4, 0.5) is 0 Å². The Kier molecular flexibility index (Phi) is 3.49. The highest BCUT2D eigenvalue weighted by molar-refractivity contribution is 6.30. The molecule has 1 heterocycles. The number of carbonyl (C=O) groups is 1. The number of hydrogen-bond acceptors (Lipinski definition) is 3. The summed E-state index contributed by atoms with van der Waals surface area (Å²) >= 11 is 5.87. The summed E-state index contributed by atoms with van der Waals surface area (Å²) in [5, 5.41) is 16.6. The number of halogens is 1. The number of hydrazone groups is 1. The second kappa shape index (κ2) is 5.31. The summed E-state index contributed by atoms with van der Waals surface area (Å²) in [4.78, 5) is 12.5. The molecule has 106 valence electrons. The van der Waals surface area contributed by atoms with E-state index in [1.165, 1.54) is 6.21 Å². The third kappa shape index (κ3) is 2.44. The maximum absolute atomic E-state index is 12.5. The summed E-state index contributed by atoms with van der Waals surface area (Å²) in [6, 6.07) is 15.5. The predicted molar refractivity (Wildman–Crippen MR) is 81.1 cm³/mol. The average molecular weight is 301 g/mol. The van der Waals surface area contributed by atoms with Crippen molar-refractivity contribution >= 4 is 23.7 Å². The molecule has 0 bridgehead atoms. The molecule has 0 aliphatic carbocycles. The first-order valence-corrected chi connectivity index (χ1v) is 6.89. The minimum Gasteiger partial charge on any atom is -0.365 e. The van der Waals surface area contributed by atoms with Crippen LogP contribution < -0.4 is 0 Å². The van der Waals surface area contributed by atoms with E-state index in [1.54, 1.807) is 48.5 Å². The van der Waals surface area contributed by atoms with Crippen molar-refractivity contribution in [1.82, 2.24) is 5.01 Å². The van der Waals surface area contributed by atoms with Gasteiger partial charge in [-0.1, -0.05) is 41.9 Å². The van der Waals surface area contributed by atoms with Gasteiger partial charge in [0.05, 0.1) is 0 Å². The maximum atomic E-state index is 12.5. The highest BCUT2D eigenvalue weighted by Crippen LogP contribution is 2.34. The maximum Gasteiger partial charge on any atom is 0.276 e. The fraction of sp³-hybridized carbons (Fsp3) is 0.125. The van der Waals surface area contributed by atoms with E-state index in [1.807, 2.05) is 6.07 Å². The van der Waals surface area contributed by atoms with E-state index in [4.69, 9.17) is 11.6 Å². The molecule has 0 saturated carbocycles. The second-order valence-electron chi connectivity index (χ2n) is 4.81.